The fourth-order valence-electron chi connectivity index (χ4n) is 4.47. The molecule has 0 atom stereocenters. The van der Waals surface area contributed by atoms with Gasteiger partial charge in [0.15, 0.2) is 0 Å². The number of ether oxygens (including phenoxy) is 1. The lowest BCUT2D eigenvalue weighted by molar-refractivity contribution is 0.0696. The molecule has 2 N–H and O–H groups in total. The molecule has 3 aromatic carbocycles. The number of nitrogens with one attached hydrogen (secondary N) is 1. The topological polar surface area (TPSA) is 80.1 Å². The SMILES string of the molecule is COc1cc(C(=O)O)ccc1-c1c(C(C)C)n(-c2ccc(F)cc2)c2cc3cn[nH]c3cc12. The summed E-state index contributed by atoms with van der Waals surface area (Å²) in [6, 6.07) is 15.4. The second-order valence-corrected chi connectivity index (χ2v) is 8.27. The van der Waals surface area contributed by atoms with Crippen molar-refractivity contribution >= 4 is 27.8 Å². The van der Waals surface area contributed by atoms with Crippen molar-refractivity contribution in [3.05, 3.63) is 77.9 Å². The molecule has 7 heteroatoms. The number of benzene rings is 3. The Hall–Kier alpha value is -4.13. The average molecular weight is 443 g/mol. The highest BCUT2D eigenvalue weighted by Crippen LogP contribution is 2.45. The van der Waals surface area contributed by atoms with Crippen LogP contribution in [0, 0.1) is 5.82 Å². The fourth-order valence-corrected chi connectivity index (χ4v) is 4.47. The zero-order chi connectivity index (χ0) is 23.3. The van der Waals surface area contributed by atoms with E-state index in [1.54, 1.807) is 30.5 Å². The maximum absolute atomic E-state index is 13.7. The van der Waals surface area contributed by atoms with E-state index in [9.17, 15) is 14.3 Å². The normalized spacial score (nSPS) is 11.5. The molecule has 166 valence electrons. The van der Waals surface area contributed by atoms with Crippen molar-refractivity contribution in [2.75, 3.05) is 7.11 Å². The summed E-state index contributed by atoms with van der Waals surface area (Å²) in [5.41, 5.74) is 5.55. The van der Waals surface area contributed by atoms with Gasteiger partial charge in [0.2, 0.25) is 0 Å². The third-order valence-electron chi connectivity index (χ3n) is 5.91. The van der Waals surface area contributed by atoms with E-state index in [0.29, 0.717) is 5.75 Å². The number of nitrogens with zero attached hydrogens (tertiary/aromatic N) is 2. The van der Waals surface area contributed by atoms with Gasteiger partial charge in [0.25, 0.3) is 0 Å². The highest BCUT2D eigenvalue weighted by atomic mass is 19.1. The summed E-state index contributed by atoms with van der Waals surface area (Å²) >= 11 is 0. The molecule has 0 saturated carbocycles. The summed E-state index contributed by atoms with van der Waals surface area (Å²) in [5, 5.41) is 18.6. The van der Waals surface area contributed by atoms with Crippen LogP contribution in [0.3, 0.4) is 0 Å². The van der Waals surface area contributed by atoms with E-state index in [-0.39, 0.29) is 17.3 Å². The minimum atomic E-state index is -1.02. The lowest BCUT2D eigenvalue weighted by atomic mass is 9.95. The maximum atomic E-state index is 13.7. The van der Waals surface area contributed by atoms with E-state index >= 15 is 0 Å². The molecule has 0 unspecified atom stereocenters. The third kappa shape index (κ3) is 3.33. The molecular weight excluding hydrogens is 421 g/mol. The van der Waals surface area contributed by atoms with Gasteiger partial charge in [-0.05, 0) is 60.5 Å². The number of aromatic carboxylic acids is 1. The molecule has 5 aromatic rings. The summed E-state index contributed by atoms with van der Waals surface area (Å²) in [4.78, 5) is 11.5. The van der Waals surface area contributed by atoms with Gasteiger partial charge in [-0.25, -0.2) is 9.18 Å². The van der Waals surface area contributed by atoms with Crippen molar-refractivity contribution in [1.82, 2.24) is 14.8 Å². The first-order chi connectivity index (χ1) is 15.9. The zero-order valence-corrected chi connectivity index (χ0v) is 18.4. The predicted molar refractivity (Wildman–Crippen MR) is 126 cm³/mol. The summed E-state index contributed by atoms with van der Waals surface area (Å²) in [5.74, 6) is -0.751. The van der Waals surface area contributed by atoms with Gasteiger partial charge in [-0.2, -0.15) is 5.10 Å². The molecule has 2 heterocycles. The minimum Gasteiger partial charge on any atom is -0.496 e. The molecule has 6 nitrogen and oxygen atoms in total. The Balaban J connectivity index is 1.94. The number of methoxy groups -OCH3 is 1. The first-order valence-corrected chi connectivity index (χ1v) is 10.6. The highest BCUT2D eigenvalue weighted by molar-refractivity contribution is 6.07. The number of fused-ring (bicyclic) bond motifs is 2. The van der Waals surface area contributed by atoms with Crippen molar-refractivity contribution in [2.24, 2.45) is 0 Å². The van der Waals surface area contributed by atoms with E-state index in [0.717, 1.165) is 44.3 Å². The number of halogens is 1. The van der Waals surface area contributed by atoms with Crippen molar-refractivity contribution in [3.63, 3.8) is 0 Å². The van der Waals surface area contributed by atoms with Crippen LogP contribution < -0.4 is 4.74 Å². The van der Waals surface area contributed by atoms with Gasteiger partial charge in [0, 0.05) is 33.3 Å². The monoisotopic (exact) mass is 443 g/mol. The number of H-pyrrole nitrogens is 1. The number of carbonyl (C=O) groups is 1. The molecule has 2 aromatic heterocycles. The quantitative estimate of drug-likeness (QED) is 0.342. The second kappa shape index (κ2) is 7.78. The van der Waals surface area contributed by atoms with Crippen molar-refractivity contribution in [1.29, 1.82) is 0 Å². The molecule has 0 aliphatic heterocycles. The first kappa shape index (κ1) is 20.8. The van der Waals surface area contributed by atoms with Gasteiger partial charge in [0.05, 0.1) is 29.9 Å². The van der Waals surface area contributed by atoms with Crippen LogP contribution in [0.4, 0.5) is 4.39 Å². The fraction of sp³-hybridized carbons (Fsp3) is 0.154. The predicted octanol–water partition coefficient (Wildman–Crippen LogP) is 6.14. The Morgan fingerprint density at radius 1 is 1.12 bits per heavy atom. The van der Waals surface area contributed by atoms with Crippen LogP contribution in [0.1, 0.15) is 35.8 Å². The number of hydrogen-bond acceptors (Lipinski definition) is 3. The van der Waals surface area contributed by atoms with Crippen LogP contribution in [0.25, 0.3) is 38.6 Å². The van der Waals surface area contributed by atoms with Crippen molar-refractivity contribution in [2.45, 2.75) is 19.8 Å². The molecule has 0 radical (unpaired) electrons. The minimum absolute atomic E-state index is 0.0952. The van der Waals surface area contributed by atoms with Crippen LogP contribution in [-0.4, -0.2) is 33.0 Å². The number of rotatable bonds is 5. The van der Waals surface area contributed by atoms with Crippen molar-refractivity contribution in [3.8, 4) is 22.6 Å². The molecular formula is C26H22FN3O3. The molecule has 0 bridgehead atoms. The first-order valence-electron chi connectivity index (χ1n) is 10.6. The third-order valence-corrected chi connectivity index (χ3v) is 5.91. The smallest absolute Gasteiger partial charge is 0.335 e. The van der Waals surface area contributed by atoms with Crippen molar-refractivity contribution < 1.29 is 19.0 Å². The standard InChI is InChI=1S/C26H22FN3O3/c1-14(2)25-24(19-9-4-15(26(31)32)11-23(19)33-3)20-12-21-16(13-28-29-21)10-22(20)30(25)18-7-5-17(27)6-8-18/h4-14H,1-3H3,(H,28,29)(H,31,32). The summed E-state index contributed by atoms with van der Waals surface area (Å²) < 4.78 is 21.5. The number of carboxylic acid groups (broad SMARTS) is 1. The number of carboxylic acids is 1. The van der Waals surface area contributed by atoms with Crippen LogP contribution in [0.5, 0.6) is 5.75 Å². The molecule has 0 fully saturated rings. The Morgan fingerprint density at radius 2 is 1.88 bits per heavy atom. The molecule has 0 aliphatic rings. The Kier molecular flexibility index (Phi) is 4.89. The van der Waals surface area contributed by atoms with Gasteiger partial charge in [-0.3, -0.25) is 5.10 Å². The summed E-state index contributed by atoms with van der Waals surface area (Å²) in [6.07, 6.45) is 1.77. The second-order valence-electron chi connectivity index (χ2n) is 8.27. The van der Waals surface area contributed by atoms with E-state index in [4.69, 9.17) is 4.74 Å². The summed E-state index contributed by atoms with van der Waals surface area (Å²) in [7, 11) is 1.53. The van der Waals surface area contributed by atoms with E-state index in [1.165, 1.54) is 25.3 Å². The van der Waals surface area contributed by atoms with Gasteiger partial charge >= 0.3 is 5.97 Å². The number of hydrogen-bond donors (Lipinski definition) is 2. The molecule has 0 amide bonds. The van der Waals surface area contributed by atoms with Crippen LogP contribution >= 0.6 is 0 Å². The number of aromatic nitrogens is 3. The summed E-state index contributed by atoms with van der Waals surface area (Å²) in [6.45, 7) is 4.20. The van der Waals surface area contributed by atoms with E-state index in [2.05, 4.69) is 34.7 Å². The van der Waals surface area contributed by atoms with Crippen LogP contribution in [-0.2, 0) is 0 Å². The van der Waals surface area contributed by atoms with Gasteiger partial charge < -0.3 is 14.4 Å². The lowest BCUT2D eigenvalue weighted by Crippen LogP contribution is -2.04. The van der Waals surface area contributed by atoms with Crippen LogP contribution in [0.2, 0.25) is 0 Å². The highest BCUT2D eigenvalue weighted by Gasteiger charge is 2.25. The molecule has 0 saturated heterocycles. The number of aromatic amines is 1. The zero-order valence-electron chi connectivity index (χ0n) is 18.4. The van der Waals surface area contributed by atoms with Crippen LogP contribution in [0.15, 0.2) is 60.8 Å². The average Bonchev–Trinajstić information content (AvgIpc) is 3.39. The Labute approximate surface area is 189 Å². The van der Waals surface area contributed by atoms with E-state index in [1.807, 2.05) is 6.07 Å². The molecule has 0 aliphatic carbocycles. The Morgan fingerprint density at radius 3 is 2.55 bits per heavy atom. The largest absolute Gasteiger partial charge is 0.496 e. The van der Waals surface area contributed by atoms with E-state index < -0.39 is 5.97 Å². The molecule has 5 rings (SSSR count). The molecule has 0 spiro atoms. The maximum Gasteiger partial charge on any atom is 0.335 e. The van der Waals surface area contributed by atoms with Gasteiger partial charge in [0.1, 0.15) is 11.6 Å². The van der Waals surface area contributed by atoms with Gasteiger partial charge in [-0.1, -0.05) is 13.8 Å². The molecule has 33 heavy (non-hydrogen) atoms. The lowest BCUT2D eigenvalue weighted by Gasteiger charge is -2.17. The van der Waals surface area contributed by atoms with Gasteiger partial charge in [-0.15, -0.1) is 0 Å². The Bertz CT molecular complexity index is 1510.